The zero-order valence-electron chi connectivity index (χ0n) is 9.41. The molecule has 0 aliphatic carbocycles. The first-order valence-electron chi connectivity index (χ1n) is 5.37. The van der Waals surface area contributed by atoms with E-state index in [1.54, 1.807) is 12.4 Å². The van der Waals surface area contributed by atoms with Crippen LogP contribution in [0.2, 0.25) is 10.0 Å². The standard InChI is InChI=1S/C13H11BrCl2N2/c14-10-5-9(1-2-11(10)15)13(17)6-8-3-4-18-7-12(8)16/h1-5,7,13H,6,17H2. The molecule has 18 heavy (non-hydrogen) atoms. The van der Waals surface area contributed by atoms with Gasteiger partial charge in [0.05, 0.1) is 10.0 Å². The molecule has 0 bridgehead atoms. The number of rotatable bonds is 3. The molecule has 0 radical (unpaired) electrons. The van der Waals surface area contributed by atoms with E-state index in [0.29, 0.717) is 16.5 Å². The van der Waals surface area contributed by atoms with Crippen LogP contribution >= 0.6 is 39.1 Å². The Labute approximate surface area is 124 Å². The van der Waals surface area contributed by atoms with Crippen molar-refractivity contribution >= 4 is 39.1 Å². The van der Waals surface area contributed by atoms with E-state index in [2.05, 4.69) is 20.9 Å². The van der Waals surface area contributed by atoms with Gasteiger partial charge in [0.25, 0.3) is 0 Å². The van der Waals surface area contributed by atoms with E-state index in [1.807, 2.05) is 24.3 Å². The predicted molar refractivity (Wildman–Crippen MR) is 79.0 cm³/mol. The van der Waals surface area contributed by atoms with Crippen LogP contribution < -0.4 is 5.73 Å². The van der Waals surface area contributed by atoms with Gasteiger partial charge < -0.3 is 5.73 Å². The van der Waals surface area contributed by atoms with Crippen LogP contribution in [0.1, 0.15) is 17.2 Å². The Morgan fingerprint density at radius 1 is 1.22 bits per heavy atom. The van der Waals surface area contributed by atoms with Crippen molar-refractivity contribution in [2.24, 2.45) is 5.73 Å². The summed E-state index contributed by atoms with van der Waals surface area (Å²) in [6, 6.07) is 7.44. The minimum absolute atomic E-state index is 0.126. The lowest BCUT2D eigenvalue weighted by atomic mass is 10.0. The summed E-state index contributed by atoms with van der Waals surface area (Å²) in [5, 5.41) is 1.31. The van der Waals surface area contributed by atoms with Gasteiger partial charge in [-0.05, 0) is 51.7 Å². The molecule has 5 heteroatoms. The topological polar surface area (TPSA) is 38.9 Å². The normalized spacial score (nSPS) is 12.4. The summed E-state index contributed by atoms with van der Waals surface area (Å²) >= 11 is 15.4. The maximum atomic E-state index is 6.17. The van der Waals surface area contributed by atoms with Crippen LogP contribution in [0.15, 0.2) is 41.1 Å². The molecule has 2 nitrogen and oxygen atoms in total. The highest BCUT2D eigenvalue weighted by Crippen LogP contribution is 2.27. The number of nitrogens with zero attached hydrogens (tertiary/aromatic N) is 1. The van der Waals surface area contributed by atoms with Crippen molar-refractivity contribution in [3.63, 3.8) is 0 Å². The summed E-state index contributed by atoms with van der Waals surface area (Å²) in [5.74, 6) is 0. The first-order valence-corrected chi connectivity index (χ1v) is 6.91. The molecule has 0 saturated heterocycles. The molecule has 2 rings (SSSR count). The van der Waals surface area contributed by atoms with Gasteiger partial charge in [0.15, 0.2) is 0 Å². The molecule has 94 valence electrons. The molecule has 0 saturated carbocycles. The Morgan fingerprint density at radius 3 is 2.67 bits per heavy atom. The Kier molecular flexibility index (Phi) is 4.62. The van der Waals surface area contributed by atoms with E-state index in [4.69, 9.17) is 28.9 Å². The van der Waals surface area contributed by atoms with Gasteiger partial charge in [-0.2, -0.15) is 0 Å². The minimum atomic E-state index is -0.126. The molecule has 0 fully saturated rings. The van der Waals surface area contributed by atoms with Crippen molar-refractivity contribution in [3.05, 3.63) is 62.3 Å². The second-order valence-electron chi connectivity index (χ2n) is 3.95. The number of hydrogen-bond acceptors (Lipinski definition) is 2. The highest BCUT2D eigenvalue weighted by molar-refractivity contribution is 9.10. The number of nitrogens with two attached hydrogens (primary N) is 1. The van der Waals surface area contributed by atoms with E-state index in [-0.39, 0.29) is 6.04 Å². The maximum Gasteiger partial charge on any atom is 0.0622 e. The SMILES string of the molecule is NC(Cc1ccncc1Cl)c1ccc(Cl)c(Br)c1. The van der Waals surface area contributed by atoms with Crippen molar-refractivity contribution < 1.29 is 0 Å². The zero-order chi connectivity index (χ0) is 13.1. The van der Waals surface area contributed by atoms with Gasteiger partial charge in [0, 0.05) is 22.9 Å². The number of hydrogen-bond donors (Lipinski definition) is 1. The average Bonchev–Trinajstić information content (AvgIpc) is 2.35. The van der Waals surface area contributed by atoms with Gasteiger partial charge in [0.2, 0.25) is 0 Å². The van der Waals surface area contributed by atoms with Crippen molar-refractivity contribution in [1.82, 2.24) is 4.98 Å². The van der Waals surface area contributed by atoms with Crippen LogP contribution in [0.3, 0.4) is 0 Å². The Bertz CT molecular complexity index is 560. The summed E-state index contributed by atoms with van der Waals surface area (Å²) in [5.41, 5.74) is 8.18. The Balaban J connectivity index is 2.19. The highest BCUT2D eigenvalue weighted by Gasteiger charge is 2.11. The molecule has 1 aromatic carbocycles. The molecule has 0 aliphatic heterocycles. The molecular formula is C13H11BrCl2N2. The molecule has 2 N–H and O–H groups in total. The summed E-state index contributed by atoms with van der Waals surface area (Å²) in [6.07, 6.45) is 4.00. The number of aromatic nitrogens is 1. The maximum absolute atomic E-state index is 6.17. The van der Waals surface area contributed by atoms with E-state index < -0.39 is 0 Å². The summed E-state index contributed by atoms with van der Waals surface area (Å²) in [4.78, 5) is 3.95. The van der Waals surface area contributed by atoms with Gasteiger partial charge in [0.1, 0.15) is 0 Å². The highest BCUT2D eigenvalue weighted by atomic mass is 79.9. The molecule has 0 amide bonds. The van der Waals surface area contributed by atoms with Gasteiger partial charge in [-0.3, -0.25) is 4.98 Å². The van der Waals surface area contributed by atoms with E-state index in [1.165, 1.54) is 0 Å². The van der Waals surface area contributed by atoms with Crippen LogP contribution in [0, 0.1) is 0 Å². The van der Waals surface area contributed by atoms with Gasteiger partial charge >= 0.3 is 0 Å². The zero-order valence-corrected chi connectivity index (χ0v) is 12.5. The Morgan fingerprint density at radius 2 is 2.00 bits per heavy atom. The quantitative estimate of drug-likeness (QED) is 0.895. The lowest BCUT2D eigenvalue weighted by Gasteiger charge is -2.13. The summed E-state index contributed by atoms with van der Waals surface area (Å²) < 4.78 is 0.845. The molecule has 1 aromatic heterocycles. The van der Waals surface area contributed by atoms with Gasteiger partial charge in [-0.15, -0.1) is 0 Å². The monoisotopic (exact) mass is 344 g/mol. The molecule has 2 aromatic rings. The van der Waals surface area contributed by atoms with Crippen molar-refractivity contribution in [3.8, 4) is 0 Å². The first-order chi connectivity index (χ1) is 8.58. The lowest BCUT2D eigenvalue weighted by Crippen LogP contribution is -2.13. The van der Waals surface area contributed by atoms with Crippen molar-refractivity contribution in [1.29, 1.82) is 0 Å². The lowest BCUT2D eigenvalue weighted by molar-refractivity contribution is 0.721. The predicted octanol–water partition coefficient (Wildman–Crippen LogP) is 4.39. The number of halogens is 3. The second kappa shape index (κ2) is 6.02. The van der Waals surface area contributed by atoms with Crippen LogP contribution in [-0.4, -0.2) is 4.98 Å². The fourth-order valence-corrected chi connectivity index (χ4v) is 2.38. The largest absolute Gasteiger partial charge is 0.324 e. The fourth-order valence-electron chi connectivity index (χ4n) is 1.67. The number of pyridine rings is 1. The van der Waals surface area contributed by atoms with E-state index >= 15 is 0 Å². The first kappa shape index (κ1) is 13.8. The minimum Gasteiger partial charge on any atom is -0.324 e. The second-order valence-corrected chi connectivity index (χ2v) is 5.62. The average molecular weight is 346 g/mol. The van der Waals surface area contributed by atoms with Crippen LogP contribution in [0.4, 0.5) is 0 Å². The van der Waals surface area contributed by atoms with Gasteiger partial charge in [-0.25, -0.2) is 0 Å². The molecule has 0 aliphatic rings. The molecule has 1 atom stereocenters. The summed E-state index contributed by atoms with van der Waals surface area (Å²) in [6.45, 7) is 0. The van der Waals surface area contributed by atoms with Crippen LogP contribution in [0.5, 0.6) is 0 Å². The third-order valence-electron chi connectivity index (χ3n) is 2.67. The smallest absolute Gasteiger partial charge is 0.0622 e. The Hall–Kier alpha value is -0.610. The van der Waals surface area contributed by atoms with E-state index in [9.17, 15) is 0 Å². The van der Waals surface area contributed by atoms with Crippen molar-refractivity contribution in [2.75, 3.05) is 0 Å². The van der Waals surface area contributed by atoms with Crippen molar-refractivity contribution in [2.45, 2.75) is 12.5 Å². The van der Waals surface area contributed by atoms with E-state index in [0.717, 1.165) is 15.6 Å². The third-order valence-corrected chi connectivity index (χ3v) is 4.22. The fraction of sp³-hybridized carbons (Fsp3) is 0.154. The third kappa shape index (κ3) is 3.23. The molecule has 0 spiro atoms. The molecular weight excluding hydrogens is 335 g/mol. The van der Waals surface area contributed by atoms with Gasteiger partial charge in [-0.1, -0.05) is 29.3 Å². The number of benzene rings is 1. The van der Waals surface area contributed by atoms with Crippen LogP contribution in [-0.2, 0) is 6.42 Å². The summed E-state index contributed by atoms with van der Waals surface area (Å²) in [7, 11) is 0. The van der Waals surface area contributed by atoms with Crippen LogP contribution in [0.25, 0.3) is 0 Å². The molecule has 1 unspecified atom stereocenters. The molecule has 1 heterocycles.